The average molecular weight is 341 g/mol. The Morgan fingerprint density at radius 2 is 1.67 bits per heavy atom. The first kappa shape index (κ1) is 14.3. The van der Waals surface area contributed by atoms with Crippen molar-refractivity contribution < 1.29 is 4.79 Å². The summed E-state index contributed by atoms with van der Waals surface area (Å²) in [5.41, 5.74) is 2.64. The van der Waals surface area contributed by atoms with Gasteiger partial charge in [-0.1, -0.05) is 0 Å². The molecule has 0 amide bonds. The van der Waals surface area contributed by atoms with E-state index in [0.29, 0.717) is 11.8 Å². The molecule has 3 rings (SSSR count). The van der Waals surface area contributed by atoms with Crippen LogP contribution < -0.4 is 4.46 Å². The summed E-state index contributed by atoms with van der Waals surface area (Å²) in [5, 5.41) is 0. The Kier molecular flexibility index (Phi) is 4.38. The van der Waals surface area contributed by atoms with Gasteiger partial charge in [-0.2, -0.15) is 0 Å². The molecule has 1 fully saturated rings. The van der Waals surface area contributed by atoms with Crippen LogP contribution >= 0.6 is 0 Å². The molecule has 0 unspecified atom stereocenters. The minimum absolute atomic E-state index is 0.0976. The molecule has 0 N–H and O–H groups in total. The first-order chi connectivity index (χ1) is 10.2. The van der Waals surface area contributed by atoms with Crippen LogP contribution in [-0.4, -0.2) is 19.6 Å². The number of carbonyl (C=O) groups is 1. The number of hydrogen-bond donors (Lipinski definition) is 0. The molecule has 0 aromatic heterocycles. The minimum atomic E-state index is -0.0976. The Morgan fingerprint density at radius 3 is 2.33 bits per heavy atom. The Morgan fingerprint density at radius 1 is 1.05 bits per heavy atom. The molecule has 2 aromatic rings. The summed E-state index contributed by atoms with van der Waals surface area (Å²) in [4.78, 5) is 12.1. The van der Waals surface area contributed by atoms with Gasteiger partial charge in [-0.15, -0.1) is 0 Å². The van der Waals surface area contributed by atoms with Crippen LogP contribution in [-0.2, 0) is 4.79 Å². The predicted octanol–water partition coefficient (Wildman–Crippen LogP) is 3.29. The standard InChI is InChI=1S/C19H18OSe/c1-14(12-19(20)21-16-10-6-3-7-11-16)17-13-18(17)15-8-4-2-5-9-15/h2-12,17-18H,13H2,1H3/b14-12+/t17-,18-/m0/s1. The van der Waals surface area contributed by atoms with E-state index in [0.717, 1.165) is 4.46 Å². The van der Waals surface area contributed by atoms with Crippen LogP contribution in [0.3, 0.4) is 0 Å². The number of hydrogen-bond acceptors (Lipinski definition) is 1. The molecule has 0 heterocycles. The molecule has 0 spiro atoms. The normalized spacial score (nSPS) is 21.1. The Hall–Kier alpha value is -1.63. The van der Waals surface area contributed by atoms with E-state index in [-0.39, 0.29) is 19.6 Å². The van der Waals surface area contributed by atoms with Crippen molar-refractivity contribution in [3.05, 3.63) is 77.9 Å². The molecule has 2 aromatic carbocycles. The van der Waals surface area contributed by atoms with E-state index in [2.05, 4.69) is 37.3 Å². The fourth-order valence-corrected chi connectivity index (χ4v) is 4.31. The van der Waals surface area contributed by atoms with Crippen LogP contribution in [0.15, 0.2) is 72.3 Å². The molecule has 0 bridgehead atoms. The second-order valence-electron chi connectivity index (χ2n) is 5.48. The van der Waals surface area contributed by atoms with Crippen LogP contribution in [0.4, 0.5) is 0 Å². The summed E-state index contributed by atoms with van der Waals surface area (Å²) in [7, 11) is 0. The average Bonchev–Trinajstić information content (AvgIpc) is 3.29. The van der Waals surface area contributed by atoms with E-state index < -0.39 is 0 Å². The second-order valence-corrected chi connectivity index (χ2v) is 7.74. The van der Waals surface area contributed by atoms with Crippen molar-refractivity contribution in [3.63, 3.8) is 0 Å². The Bertz CT molecular complexity index is 646. The Labute approximate surface area is 132 Å². The van der Waals surface area contributed by atoms with E-state index in [1.807, 2.05) is 36.4 Å². The third kappa shape index (κ3) is 3.72. The van der Waals surface area contributed by atoms with Gasteiger partial charge in [0, 0.05) is 0 Å². The number of allylic oxidation sites excluding steroid dienone is 2. The molecule has 1 nitrogen and oxygen atoms in total. The Balaban J connectivity index is 1.61. The van der Waals surface area contributed by atoms with E-state index in [9.17, 15) is 4.79 Å². The van der Waals surface area contributed by atoms with Gasteiger partial charge in [0.1, 0.15) is 0 Å². The fourth-order valence-electron chi connectivity index (χ4n) is 2.69. The second kappa shape index (κ2) is 6.43. The number of benzene rings is 2. The van der Waals surface area contributed by atoms with Crippen LogP contribution in [0.1, 0.15) is 24.8 Å². The van der Waals surface area contributed by atoms with Gasteiger partial charge in [-0.3, -0.25) is 0 Å². The van der Waals surface area contributed by atoms with Crippen molar-refractivity contribution in [2.45, 2.75) is 19.3 Å². The maximum atomic E-state index is 12.1. The zero-order valence-electron chi connectivity index (χ0n) is 12.0. The molecule has 1 aliphatic rings. The molecule has 106 valence electrons. The monoisotopic (exact) mass is 342 g/mol. The van der Waals surface area contributed by atoms with Gasteiger partial charge in [-0.25, -0.2) is 0 Å². The number of rotatable bonds is 5. The van der Waals surface area contributed by atoms with Crippen LogP contribution in [0.2, 0.25) is 0 Å². The summed E-state index contributed by atoms with van der Waals surface area (Å²) in [6.45, 7) is 2.10. The molecule has 21 heavy (non-hydrogen) atoms. The zero-order chi connectivity index (χ0) is 14.7. The van der Waals surface area contributed by atoms with Crippen LogP contribution in [0.5, 0.6) is 0 Å². The maximum absolute atomic E-state index is 12.1. The van der Waals surface area contributed by atoms with E-state index >= 15 is 0 Å². The molecule has 2 atom stereocenters. The molecular weight excluding hydrogens is 323 g/mol. The van der Waals surface area contributed by atoms with Crippen LogP contribution in [0.25, 0.3) is 0 Å². The van der Waals surface area contributed by atoms with E-state index in [1.165, 1.54) is 17.6 Å². The van der Waals surface area contributed by atoms with Gasteiger partial charge in [0.15, 0.2) is 0 Å². The van der Waals surface area contributed by atoms with E-state index in [1.54, 1.807) is 0 Å². The number of carbonyl (C=O) groups excluding carboxylic acids is 1. The van der Waals surface area contributed by atoms with Gasteiger partial charge < -0.3 is 0 Å². The molecule has 1 aliphatic carbocycles. The van der Waals surface area contributed by atoms with Crippen molar-refractivity contribution >= 4 is 24.1 Å². The molecule has 2 heteroatoms. The SMILES string of the molecule is C/C(=C\C(=O)[Se]c1ccccc1)[C@@H]1C[C@H]1c1ccccc1. The third-order valence-corrected chi connectivity index (χ3v) is 5.65. The first-order valence-electron chi connectivity index (χ1n) is 7.24. The van der Waals surface area contributed by atoms with Gasteiger partial charge in [0.05, 0.1) is 0 Å². The van der Waals surface area contributed by atoms with Gasteiger partial charge in [0.2, 0.25) is 0 Å². The fraction of sp³-hybridized carbons (Fsp3) is 0.211. The first-order valence-corrected chi connectivity index (χ1v) is 8.95. The summed E-state index contributed by atoms with van der Waals surface area (Å²) in [5.74, 6) is 1.17. The van der Waals surface area contributed by atoms with E-state index in [4.69, 9.17) is 0 Å². The zero-order valence-corrected chi connectivity index (χ0v) is 13.7. The van der Waals surface area contributed by atoms with Gasteiger partial charge in [0.25, 0.3) is 0 Å². The predicted molar refractivity (Wildman–Crippen MR) is 87.9 cm³/mol. The quantitative estimate of drug-likeness (QED) is 0.602. The van der Waals surface area contributed by atoms with Gasteiger partial charge >= 0.3 is 132 Å². The van der Waals surface area contributed by atoms with Crippen molar-refractivity contribution in [1.82, 2.24) is 0 Å². The molecular formula is C19H18OSe. The summed E-state index contributed by atoms with van der Waals surface area (Å²) < 4.78 is 1.42. The summed E-state index contributed by atoms with van der Waals surface area (Å²) >= 11 is -0.0976. The summed E-state index contributed by atoms with van der Waals surface area (Å²) in [6.07, 6.45) is 3.05. The topological polar surface area (TPSA) is 17.1 Å². The van der Waals surface area contributed by atoms with Crippen molar-refractivity contribution in [3.8, 4) is 0 Å². The molecule has 0 aliphatic heterocycles. The third-order valence-electron chi connectivity index (χ3n) is 3.91. The van der Waals surface area contributed by atoms with Crippen molar-refractivity contribution in [2.75, 3.05) is 0 Å². The molecule has 1 saturated carbocycles. The van der Waals surface area contributed by atoms with Crippen molar-refractivity contribution in [1.29, 1.82) is 0 Å². The van der Waals surface area contributed by atoms with Crippen LogP contribution in [0, 0.1) is 5.92 Å². The van der Waals surface area contributed by atoms with Crippen molar-refractivity contribution in [2.24, 2.45) is 5.92 Å². The molecule has 0 saturated heterocycles. The molecule has 0 radical (unpaired) electrons. The summed E-state index contributed by atoms with van der Waals surface area (Å²) in [6, 6.07) is 20.6. The van der Waals surface area contributed by atoms with Gasteiger partial charge in [-0.05, 0) is 0 Å².